The molecule has 0 radical (unpaired) electrons. The average molecular weight is 422 g/mol. The van der Waals surface area contributed by atoms with Gasteiger partial charge in [-0.3, -0.25) is 4.98 Å². The Morgan fingerprint density at radius 1 is 0.594 bits per heavy atom. The van der Waals surface area contributed by atoms with Crippen LogP contribution in [-0.2, 0) is 0 Å². The van der Waals surface area contributed by atoms with Crippen molar-refractivity contribution in [2.45, 2.75) is 53.4 Å². The lowest BCUT2D eigenvalue weighted by Gasteiger charge is -2.26. The van der Waals surface area contributed by atoms with E-state index in [-0.39, 0.29) is 0 Å². The predicted octanol–water partition coefficient (Wildman–Crippen LogP) is 9.09. The maximum Gasteiger partial charge on any atom is 0.0780 e. The largest absolute Gasteiger partial charge is 0.256 e. The van der Waals surface area contributed by atoms with Crippen LogP contribution in [0, 0.1) is 11.8 Å². The van der Waals surface area contributed by atoms with E-state index in [1.165, 1.54) is 38.6 Å². The predicted molar refractivity (Wildman–Crippen MR) is 139 cm³/mol. The highest BCUT2D eigenvalue weighted by Crippen LogP contribution is 2.37. The second-order valence-corrected chi connectivity index (χ2v) is 10.0. The van der Waals surface area contributed by atoms with Crippen molar-refractivity contribution in [2.24, 2.45) is 11.8 Å². The first-order valence-electron chi connectivity index (χ1n) is 11.9. The number of pyridine rings is 1. The number of hydrogen-bond acceptors (Lipinski definition) is 1. The molecule has 0 aliphatic carbocycles. The Labute approximate surface area is 193 Å². The maximum atomic E-state index is 4.86. The van der Waals surface area contributed by atoms with Crippen molar-refractivity contribution in [2.75, 3.05) is 0 Å². The van der Waals surface area contributed by atoms with Gasteiger partial charge < -0.3 is 0 Å². The van der Waals surface area contributed by atoms with Gasteiger partial charge in [0.15, 0.2) is 0 Å². The van der Waals surface area contributed by atoms with Gasteiger partial charge in [-0.25, -0.2) is 0 Å². The lowest BCUT2D eigenvalue weighted by molar-refractivity contribution is 0.388. The molecule has 1 heterocycles. The molecule has 0 amide bonds. The van der Waals surface area contributed by atoms with Crippen molar-refractivity contribution < 1.29 is 0 Å². The molecule has 0 saturated carbocycles. The summed E-state index contributed by atoms with van der Waals surface area (Å²) < 4.78 is 0. The van der Waals surface area contributed by atoms with Gasteiger partial charge in [-0.05, 0) is 69.5 Å². The lowest BCUT2D eigenvalue weighted by Crippen LogP contribution is -2.13. The summed E-state index contributed by atoms with van der Waals surface area (Å²) in [6.45, 7) is 13.8. The molecular weight excluding hydrogens is 386 g/mol. The number of rotatable bonds is 6. The molecule has 0 aliphatic heterocycles. The normalized spacial score (nSPS) is 11.9. The number of fused-ring (bicyclic) bond motifs is 1. The maximum absolute atomic E-state index is 4.86. The number of aromatic nitrogens is 1. The molecule has 32 heavy (non-hydrogen) atoms. The zero-order chi connectivity index (χ0) is 22.8. The molecule has 1 nitrogen and oxygen atoms in total. The van der Waals surface area contributed by atoms with Crippen LogP contribution >= 0.6 is 0 Å². The Kier molecular flexibility index (Phi) is 6.46. The van der Waals surface area contributed by atoms with Crippen LogP contribution in [0.1, 0.15) is 64.5 Å². The van der Waals surface area contributed by atoms with Crippen molar-refractivity contribution in [3.63, 3.8) is 0 Å². The van der Waals surface area contributed by atoms with Crippen molar-refractivity contribution in [1.29, 1.82) is 0 Å². The van der Waals surface area contributed by atoms with Crippen molar-refractivity contribution in [3.8, 4) is 22.4 Å². The minimum Gasteiger partial charge on any atom is -0.256 e. The minimum absolute atomic E-state index is 0.455. The molecule has 0 atom stereocenters. The van der Waals surface area contributed by atoms with Gasteiger partial charge in [0, 0.05) is 17.1 Å². The average Bonchev–Trinajstić information content (AvgIpc) is 2.78. The van der Waals surface area contributed by atoms with E-state index in [1.807, 2.05) is 6.20 Å². The topological polar surface area (TPSA) is 12.9 Å². The van der Waals surface area contributed by atoms with E-state index in [2.05, 4.69) is 114 Å². The minimum atomic E-state index is 0.455. The van der Waals surface area contributed by atoms with Gasteiger partial charge in [0.2, 0.25) is 0 Å². The smallest absolute Gasteiger partial charge is 0.0780 e. The monoisotopic (exact) mass is 421 g/mol. The summed E-state index contributed by atoms with van der Waals surface area (Å²) in [6, 6.07) is 26.7. The Hall–Kier alpha value is -2.93. The SMILES string of the molecule is CC(C)c1cc(-c2ccccc2)cc(-c2nccc3cc(C(C(C)C)C(C)C)ccc23)c1. The van der Waals surface area contributed by atoms with Gasteiger partial charge in [-0.2, -0.15) is 0 Å². The van der Waals surface area contributed by atoms with Gasteiger partial charge in [-0.15, -0.1) is 0 Å². The molecule has 0 N–H and O–H groups in total. The first-order valence-corrected chi connectivity index (χ1v) is 11.9. The van der Waals surface area contributed by atoms with E-state index < -0.39 is 0 Å². The summed E-state index contributed by atoms with van der Waals surface area (Å²) in [5.41, 5.74) is 7.53. The van der Waals surface area contributed by atoms with E-state index in [9.17, 15) is 0 Å². The molecule has 4 rings (SSSR count). The van der Waals surface area contributed by atoms with Crippen LogP contribution in [0.4, 0.5) is 0 Å². The van der Waals surface area contributed by atoms with Crippen LogP contribution in [0.25, 0.3) is 33.2 Å². The first kappa shape index (κ1) is 22.3. The van der Waals surface area contributed by atoms with Crippen LogP contribution in [0.3, 0.4) is 0 Å². The highest BCUT2D eigenvalue weighted by molar-refractivity contribution is 5.95. The van der Waals surface area contributed by atoms with E-state index in [4.69, 9.17) is 4.98 Å². The Bertz CT molecular complexity index is 1190. The fraction of sp³-hybridized carbons (Fsp3) is 0.323. The molecule has 0 bridgehead atoms. The summed E-state index contributed by atoms with van der Waals surface area (Å²) in [5.74, 6) is 2.25. The molecule has 4 aromatic rings. The van der Waals surface area contributed by atoms with Gasteiger partial charge in [0.1, 0.15) is 0 Å². The molecule has 1 heteroatoms. The second-order valence-electron chi connectivity index (χ2n) is 10.0. The van der Waals surface area contributed by atoms with E-state index in [0.29, 0.717) is 23.7 Å². The summed E-state index contributed by atoms with van der Waals surface area (Å²) in [5, 5.41) is 2.50. The standard InChI is InChI=1S/C31H35N/c1-20(2)26-17-27(23-10-8-7-9-11-23)19-28(18-26)31-29-13-12-25(16-24(29)14-15-32-31)30(21(3)4)22(5)6/h7-22,30H,1-6H3. The highest BCUT2D eigenvalue weighted by Gasteiger charge is 2.20. The molecule has 164 valence electrons. The quantitative estimate of drug-likeness (QED) is 0.302. The van der Waals surface area contributed by atoms with Crippen LogP contribution in [-0.4, -0.2) is 4.98 Å². The van der Waals surface area contributed by atoms with Gasteiger partial charge in [-0.1, -0.05) is 96.1 Å². The van der Waals surface area contributed by atoms with E-state index in [0.717, 1.165) is 5.69 Å². The molecule has 3 aromatic carbocycles. The first-order chi connectivity index (χ1) is 15.3. The van der Waals surface area contributed by atoms with E-state index >= 15 is 0 Å². The number of benzene rings is 3. The summed E-state index contributed by atoms with van der Waals surface area (Å²) in [7, 11) is 0. The van der Waals surface area contributed by atoms with Crippen LogP contribution in [0.15, 0.2) is 79.0 Å². The van der Waals surface area contributed by atoms with Crippen LogP contribution in [0.2, 0.25) is 0 Å². The fourth-order valence-electron chi connectivity index (χ4n) is 5.09. The zero-order valence-electron chi connectivity index (χ0n) is 20.3. The number of nitrogens with zero attached hydrogens (tertiary/aromatic N) is 1. The van der Waals surface area contributed by atoms with Crippen molar-refractivity contribution >= 4 is 10.8 Å². The molecule has 0 spiro atoms. The number of hydrogen-bond donors (Lipinski definition) is 0. The fourth-order valence-corrected chi connectivity index (χ4v) is 5.09. The Balaban J connectivity index is 1.87. The van der Waals surface area contributed by atoms with Crippen LogP contribution < -0.4 is 0 Å². The highest BCUT2D eigenvalue weighted by atomic mass is 14.7. The summed E-state index contributed by atoms with van der Waals surface area (Å²) in [4.78, 5) is 4.86. The molecule has 0 saturated heterocycles. The van der Waals surface area contributed by atoms with E-state index in [1.54, 1.807) is 0 Å². The summed E-state index contributed by atoms with van der Waals surface area (Å²) >= 11 is 0. The molecule has 0 unspecified atom stereocenters. The Morgan fingerprint density at radius 3 is 1.94 bits per heavy atom. The van der Waals surface area contributed by atoms with Gasteiger partial charge >= 0.3 is 0 Å². The third-order valence-corrected chi connectivity index (χ3v) is 6.61. The summed E-state index contributed by atoms with van der Waals surface area (Å²) in [6.07, 6.45) is 1.96. The zero-order valence-corrected chi connectivity index (χ0v) is 20.3. The van der Waals surface area contributed by atoms with Crippen LogP contribution in [0.5, 0.6) is 0 Å². The molecule has 0 fully saturated rings. The van der Waals surface area contributed by atoms with Gasteiger partial charge in [0.25, 0.3) is 0 Å². The van der Waals surface area contributed by atoms with Crippen molar-refractivity contribution in [1.82, 2.24) is 4.98 Å². The molecular formula is C31H35N. The van der Waals surface area contributed by atoms with Crippen molar-refractivity contribution in [3.05, 3.63) is 90.1 Å². The molecule has 0 aliphatic rings. The third kappa shape index (κ3) is 4.48. The Morgan fingerprint density at radius 2 is 1.28 bits per heavy atom. The van der Waals surface area contributed by atoms with Gasteiger partial charge in [0.05, 0.1) is 5.69 Å². The third-order valence-electron chi connectivity index (χ3n) is 6.61. The lowest BCUT2D eigenvalue weighted by atomic mass is 9.79. The molecule has 1 aromatic heterocycles. The second kappa shape index (κ2) is 9.28.